The Kier molecular flexibility index (Phi) is 3.42. The van der Waals surface area contributed by atoms with Crippen LogP contribution in [0.3, 0.4) is 0 Å². The van der Waals surface area contributed by atoms with Crippen LogP contribution < -0.4 is 5.32 Å². The van der Waals surface area contributed by atoms with Crippen molar-refractivity contribution in [2.45, 2.75) is 31.6 Å². The summed E-state index contributed by atoms with van der Waals surface area (Å²) in [4.78, 5) is 4.37. The van der Waals surface area contributed by atoms with Crippen LogP contribution in [-0.4, -0.2) is 22.4 Å². The largest absolute Gasteiger partial charge is 0.338 e. The molecule has 0 amide bonds. The minimum absolute atomic E-state index is 0.442. The van der Waals surface area contributed by atoms with Crippen molar-refractivity contribution >= 4 is 11.8 Å². The van der Waals surface area contributed by atoms with E-state index in [4.69, 9.17) is 4.52 Å². The lowest BCUT2D eigenvalue weighted by Crippen LogP contribution is -2.12. The summed E-state index contributed by atoms with van der Waals surface area (Å²) in [5.41, 5.74) is 0. The first kappa shape index (κ1) is 9.98. The predicted octanol–water partition coefficient (Wildman–Crippen LogP) is 1.75. The van der Waals surface area contributed by atoms with Gasteiger partial charge in [-0.1, -0.05) is 12.1 Å². The highest BCUT2D eigenvalue weighted by Gasteiger charge is 2.23. The fourth-order valence-electron chi connectivity index (χ4n) is 1.48. The second-order valence-electron chi connectivity index (χ2n) is 3.33. The molecule has 5 heteroatoms. The van der Waals surface area contributed by atoms with Crippen molar-refractivity contribution in [3.63, 3.8) is 0 Å². The van der Waals surface area contributed by atoms with Gasteiger partial charge in [0, 0.05) is 0 Å². The van der Waals surface area contributed by atoms with E-state index in [2.05, 4.69) is 22.4 Å². The Morgan fingerprint density at radius 3 is 3.29 bits per heavy atom. The number of thioether (sulfide) groups is 1. The molecule has 1 aromatic heterocycles. The second-order valence-corrected chi connectivity index (χ2v) is 4.64. The van der Waals surface area contributed by atoms with E-state index in [0.29, 0.717) is 11.8 Å². The number of hydrogen-bond acceptors (Lipinski definition) is 5. The molecule has 0 bridgehead atoms. The molecule has 2 heterocycles. The molecule has 0 spiro atoms. The van der Waals surface area contributed by atoms with Crippen LogP contribution in [0.1, 0.15) is 36.7 Å². The summed E-state index contributed by atoms with van der Waals surface area (Å²) >= 11 is 1.92. The first-order chi connectivity index (χ1) is 6.90. The smallest absolute Gasteiger partial charge is 0.239 e. The lowest BCUT2D eigenvalue weighted by atomic mass is 10.2. The fourth-order valence-corrected chi connectivity index (χ4v) is 2.67. The van der Waals surface area contributed by atoms with Gasteiger partial charge in [-0.2, -0.15) is 4.98 Å². The van der Waals surface area contributed by atoms with Crippen molar-refractivity contribution in [1.29, 1.82) is 0 Å². The Hall–Kier alpha value is -0.550. The third kappa shape index (κ3) is 2.27. The SMILES string of the molecule is CCNCc1noc(C2CCCS2)n1. The van der Waals surface area contributed by atoms with E-state index in [1.165, 1.54) is 18.6 Å². The summed E-state index contributed by atoms with van der Waals surface area (Å²) in [5.74, 6) is 2.80. The quantitative estimate of drug-likeness (QED) is 0.825. The van der Waals surface area contributed by atoms with Gasteiger partial charge in [-0.15, -0.1) is 11.8 Å². The van der Waals surface area contributed by atoms with Gasteiger partial charge in [0.05, 0.1) is 11.8 Å². The van der Waals surface area contributed by atoms with Gasteiger partial charge in [0.2, 0.25) is 5.89 Å². The molecule has 2 rings (SSSR count). The number of rotatable bonds is 4. The maximum absolute atomic E-state index is 5.22. The molecule has 1 aromatic rings. The highest BCUT2D eigenvalue weighted by atomic mass is 32.2. The molecule has 1 N–H and O–H groups in total. The molecule has 78 valence electrons. The number of nitrogens with one attached hydrogen (secondary N) is 1. The molecule has 1 aliphatic heterocycles. The third-order valence-electron chi connectivity index (χ3n) is 2.22. The molecule has 1 atom stereocenters. The van der Waals surface area contributed by atoms with Gasteiger partial charge in [0.1, 0.15) is 0 Å². The topological polar surface area (TPSA) is 51.0 Å². The van der Waals surface area contributed by atoms with Crippen LogP contribution >= 0.6 is 11.8 Å². The summed E-state index contributed by atoms with van der Waals surface area (Å²) in [7, 11) is 0. The minimum Gasteiger partial charge on any atom is -0.338 e. The van der Waals surface area contributed by atoms with Gasteiger partial charge in [-0.3, -0.25) is 0 Å². The van der Waals surface area contributed by atoms with Crippen LogP contribution in [0, 0.1) is 0 Å². The van der Waals surface area contributed by atoms with Gasteiger partial charge < -0.3 is 9.84 Å². The van der Waals surface area contributed by atoms with Gasteiger partial charge in [-0.25, -0.2) is 0 Å². The van der Waals surface area contributed by atoms with Crippen molar-refractivity contribution in [3.05, 3.63) is 11.7 Å². The Labute approximate surface area is 87.8 Å². The first-order valence-electron chi connectivity index (χ1n) is 5.05. The van der Waals surface area contributed by atoms with E-state index in [-0.39, 0.29) is 0 Å². The zero-order chi connectivity index (χ0) is 9.80. The zero-order valence-electron chi connectivity index (χ0n) is 8.32. The Morgan fingerprint density at radius 1 is 1.64 bits per heavy atom. The number of hydrogen-bond donors (Lipinski definition) is 1. The molecule has 0 aliphatic carbocycles. The van der Waals surface area contributed by atoms with E-state index < -0.39 is 0 Å². The summed E-state index contributed by atoms with van der Waals surface area (Å²) in [6.45, 7) is 3.70. The van der Waals surface area contributed by atoms with Crippen LogP contribution in [0.25, 0.3) is 0 Å². The molecule has 1 unspecified atom stereocenters. The van der Waals surface area contributed by atoms with Crippen LogP contribution in [0.2, 0.25) is 0 Å². The van der Waals surface area contributed by atoms with E-state index in [1.807, 2.05) is 11.8 Å². The molecule has 1 aliphatic rings. The maximum Gasteiger partial charge on any atom is 0.239 e. The summed E-state index contributed by atoms with van der Waals surface area (Å²) in [6, 6.07) is 0. The van der Waals surface area contributed by atoms with Gasteiger partial charge >= 0.3 is 0 Å². The Balaban J connectivity index is 1.94. The fraction of sp³-hybridized carbons (Fsp3) is 0.778. The van der Waals surface area contributed by atoms with Crippen molar-refractivity contribution in [3.8, 4) is 0 Å². The molecule has 0 saturated carbocycles. The van der Waals surface area contributed by atoms with E-state index in [9.17, 15) is 0 Å². The van der Waals surface area contributed by atoms with E-state index in [0.717, 1.165) is 18.3 Å². The van der Waals surface area contributed by atoms with E-state index >= 15 is 0 Å². The monoisotopic (exact) mass is 213 g/mol. The van der Waals surface area contributed by atoms with Crippen molar-refractivity contribution in [2.24, 2.45) is 0 Å². The maximum atomic E-state index is 5.22. The highest BCUT2D eigenvalue weighted by Crippen LogP contribution is 2.38. The van der Waals surface area contributed by atoms with Gasteiger partial charge in [0.15, 0.2) is 5.82 Å². The Morgan fingerprint density at radius 2 is 2.57 bits per heavy atom. The van der Waals surface area contributed by atoms with Crippen LogP contribution in [0.4, 0.5) is 0 Å². The normalized spacial score (nSPS) is 21.6. The first-order valence-corrected chi connectivity index (χ1v) is 6.10. The molecule has 0 radical (unpaired) electrons. The van der Waals surface area contributed by atoms with Crippen LogP contribution in [-0.2, 0) is 6.54 Å². The highest BCUT2D eigenvalue weighted by molar-refractivity contribution is 7.99. The molecular weight excluding hydrogens is 198 g/mol. The van der Waals surface area contributed by atoms with Crippen LogP contribution in [0.5, 0.6) is 0 Å². The summed E-state index contributed by atoms with van der Waals surface area (Å²) < 4.78 is 5.22. The molecule has 4 nitrogen and oxygen atoms in total. The average Bonchev–Trinajstić information content (AvgIpc) is 2.85. The lowest BCUT2D eigenvalue weighted by molar-refractivity contribution is 0.368. The average molecular weight is 213 g/mol. The van der Waals surface area contributed by atoms with Crippen LogP contribution in [0.15, 0.2) is 4.52 Å². The van der Waals surface area contributed by atoms with Gasteiger partial charge in [-0.05, 0) is 25.1 Å². The summed E-state index contributed by atoms with van der Waals surface area (Å²) in [5, 5.41) is 7.56. The minimum atomic E-state index is 0.442. The number of nitrogens with zero attached hydrogens (tertiary/aromatic N) is 2. The second kappa shape index (κ2) is 4.79. The molecule has 14 heavy (non-hydrogen) atoms. The van der Waals surface area contributed by atoms with Crippen molar-refractivity contribution in [2.75, 3.05) is 12.3 Å². The van der Waals surface area contributed by atoms with Gasteiger partial charge in [0.25, 0.3) is 0 Å². The third-order valence-corrected chi connectivity index (χ3v) is 3.59. The predicted molar refractivity (Wildman–Crippen MR) is 56.1 cm³/mol. The lowest BCUT2D eigenvalue weighted by Gasteiger charge is -1.98. The summed E-state index contributed by atoms with van der Waals surface area (Å²) in [6.07, 6.45) is 2.44. The molecule has 1 saturated heterocycles. The van der Waals surface area contributed by atoms with Crippen molar-refractivity contribution < 1.29 is 4.52 Å². The zero-order valence-corrected chi connectivity index (χ0v) is 9.14. The number of aromatic nitrogens is 2. The van der Waals surface area contributed by atoms with Crippen molar-refractivity contribution in [1.82, 2.24) is 15.5 Å². The molecule has 0 aromatic carbocycles. The standard InChI is InChI=1S/C9H15N3OS/c1-2-10-6-8-11-9(13-12-8)7-4-3-5-14-7/h7,10H,2-6H2,1H3. The Bertz CT molecular complexity index is 283. The molecule has 1 fully saturated rings. The van der Waals surface area contributed by atoms with E-state index in [1.54, 1.807) is 0 Å². The molecular formula is C9H15N3OS.